The maximum atomic E-state index is 11.9. The first-order valence-corrected chi connectivity index (χ1v) is 7.02. The van der Waals surface area contributed by atoms with Crippen LogP contribution in [0, 0.1) is 0 Å². The van der Waals surface area contributed by atoms with Gasteiger partial charge in [-0.25, -0.2) is 0 Å². The van der Waals surface area contributed by atoms with Gasteiger partial charge in [0.05, 0.1) is 19.3 Å². The molecule has 2 rings (SSSR count). The molecular formula is C13H23N3O3. The summed E-state index contributed by atoms with van der Waals surface area (Å²) >= 11 is 0. The summed E-state index contributed by atoms with van der Waals surface area (Å²) in [4.78, 5) is 27.7. The van der Waals surface area contributed by atoms with Crippen LogP contribution in [0.25, 0.3) is 0 Å². The van der Waals surface area contributed by atoms with Gasteiger partial charge in [-0.1, -0.05) is 0 Å². The molecule has 6 heteroatoms. The Kier molecular flexibility index (Phi) is 5.15. The fourth-order valence-electron chi connectivity index (χ4n) is 2.62. The Hall–Kier alpha value is -1.14. The van der Waals surface area contributed by atoms with Gasteiger partial charge in [-0.2, -0.15) is 0 Å². The average molecular weight is 269 g/mol. The Morgan fingerprint density at radius 1 is 1.26 bits per heavy atom. The highest BCUT2D eigenvalue weighted by Gasteiger charge is 2.27. The zero-order valence-electron chi connectivity index (χ0n) is 11.6. The van der Waals surface area contributed by atoms with Gasteiger partial charge in [0, 0.05) is 26.1 Å². The van der Waals surface area contributed by atoms with Crippen molar-refractivity contribution in [2.24, 2.45) is 0 Å². The van der Waals surface area contributed by atoms with Crippen LogP contribution >= 0.6 is 0 Å². The van der Waals surface area contributed by atoms with E-state index in [0.29, 0.717) is 39.3 Å². The van der Waals surface area contributed by atoms with Gasteiger partial charge in [0.25, 0.3) is 0 Å². The number of hydrogen-bond acceptors (Lipinski definition) is 4. The van der Waals surface area contributed by atoms with E-state index in [4.69, 9.17) is 4.74 Å². The molecule has 2 aliphatic heterocycles. The number of likely N-dealkylation sites (tertiary alicyclic amines) is 1. The second kappa shape index (κ2) is 6.86. The molecule has 2 fully saturated rings. The minimum absolute atomic E-state index is 0.0153. The molecular weight excluding hydrogens is 246 g/mol. The van der Waals surface area contributed by atoms with Gasteiger partial charge < -0.3 is 15.0 Å². The van der Waals surface area contributed by atoms with Gasteiger partial charge in [0.2, 0.25) is 11.8 Å². The molecule has 0 bridgehead atoms. The molecule has 6 nitrogen and oxygen atoms in total. The van der Waals surface area contributed by atoms with Crippen molar-refractivity contribution in [1.82, 2.24) is 15.1 Å². The highest BCUT2D eigenvalue weighted by Crippen LogP contribution is 2.14. The van der Waals surface area contributed by atoms with E-state index in [1.54, 1.807) is 4.90 Å². The molecule has 0 aromatic carbocycles. The van der Waals surface area contributed by atoms with Gasteiger partial charge in [-0.3, -0.25) is 14.5 Å². The number of likely N-dealkylation sites (N-methyl/N-ethyl adjacent to an activating group) is 1. The zero-order valence-corrected chi connectivity index (χ0v) is 11.6. The summed E-state index contributed by atoms with van der Waals surface area (Å²) in [7, 11) is 1.97. The molecule has 108 valence electrons. The minimum atomic E-state index is -0.0153. The quantitative estimate of drug-likeness (QED) is 0.743. The number of amides is 2. The molecule has 2 heterocycles. The second-order valence-corrected chi connectivity index (χ2v) is 5.17. The van der Waals surface area contributed by atoms with Crippen LogP contribution in [0.4, 0.5) is 0 Å². The Bertz CT molecular complexity index is 329. The monoisotopic (exact) mass is 269 g/mol. The molecule has 0 radical (unpaired) electrons. The van der Waals surface area contributed by atoms with Gasteiger partial charge in [-0.05, 0) is 26.4 Å². The third kappa shape index (κ3) is 3.91. The average Bonchev–Trinajstić information content (AvgIpc) is 2.86. The van der Waals surface area contributed by atoms with E-state index in [-0.39, 0.29) is 17.9 Å². The van der Waals surface area contributed by atoms with Crippen LogP contribution in [-0.4, -0.2) is 74.1 Å². The van der Waals surface area contributed by atoms with E-state index in [1.165, 1.54) is 0 Å². The molecule has 0 spiro atoms. The van der Waals surface area contributed by atoms with Crippen molar-refractivity contribution < 1.29 is 14.3 Å². The van der Waals surface area contributed by atoms with E-state index in [1.807, 2.05) is 7.05 Å². The number of carbonyl (C=O) groups excluding carboxylic acids is 2. The maximum absolute atomic E-state index is 11.9. The summed E-state index contributed by atoms with van der Waals surface area (Å²) in [6, 6.07) is -0.0153. The first kappa shape index (κ1) is 14.3. The van der Waals surface area contributed by atoms with E-state index in [0.717, 1.165) is 19.4 Å². The summed E-state index contributed by atoms with van der Waals surface area (Å²) in [6.07, 6.45) is 2.36. The lowest BCUT2D eigenvalue weighted by Crippen LogP contribution is -2.44. The Morgan fingerprint density at radius 2 is 2.00 bits per heavy atom. The molecule has 2 saturated heterocycles. The number of ether oxygens (including phenoxy) is 1. The Morgan fingerprint density at radius 3 is 2.63 bits per heavy atom. The van der Waals surface area contributed by atoms with Crippen LogP contribution in [0.5, 0.6) is 0 Å². The lowest BCUT2D eigenvalue weighted by atomic mass is 10.2. The maximum Gasteiger partial charge on any atom is 0.237 e. The normalized spacial score (nSPS) is 24.5. The molecule has 19 heavy (non-hydrogen) atoms. The SMILES string of the molecule is CN1CCCC1C(=O)NCCC(=O)N1CCOCC1. The van der Waals surface area contributed by atoms with Crippen molar-refractivity contribution in [2.75, 3.05) is 46.4 Å². The topological polar surface area (TPSA) is 61.9 Å². The number of morpholine rings is 1. The second-order valence-electron chi connectivity index (χ2n) is 5.17. The van der Waals surface area contributed by atoms with Crippen molar-refractivity contribution in [2.45, 2.75) is 25.3 Å². The van der Waals surface area contributed by atoms with Crippen LogP contribution in [0.3, 0.4) is 0 Å². The molecule has 0 saturated carbocycles. The van der Waals surface area contributed by atoms with Crippen molar-refractivity contribution in [3.63, 3.8) is 0 Å². The molecule has 2 amide bonds. The largest absolute Gasteiger partial charge is 0.378 e. The highest BCUT2D eigenvalue weighted by atomic mass is 16.5. The van der Waals surface area contributed by atoms with Gasteiger partial charge in [0.15, 0.2) is 0 Å². The first-order valence-electron chi connectivity index (χ1n) is 7.02. The predicted octanol–water partition coefficient (Wildman–Crippen LogP) is -0.554. The van der Waals surface area contributed by atoms with E-state index in [9.17, 15) is 9.59 Å². The summed E-state index contributed by atoms with van der Waals surface area (Å²) in [5.74, 6) is 0.151. The first-order chi connectivity index (χ1) is 9.18. The zero-order chi connectivity index (χ0) is 13.7. The van der Waals surface area contributed by atoms with Crippen LogP contribution in [-0.2, 0) is 14.3 Å². The lowest BCUT2D eigenvalue weighted by molar-refractivity contribution is -0.135. The van der Waals surface area contributed by atoms with Gasteiger partial charge in [-0.15, -0.1) is 0 Å². The number of carbonyl (C=O) groups is 2. The van der Waals surface area contributed by atoms with Gasteiger partial charge >= 0.3 is 0 Å². The molecule has 0 aromatic rings. The number of nitrogens with one attached hydrogen (secondary N) is 1. The fourth-order valence-corrected chi connectivity index (χ4v) is 2.62. The predicted molar refractivity (Wildman–Crippen MR) is 70.7 cm³/mol. The number of hydrogen-bond donors (Lipinski definition) is 1. The molecule has 0 aliphatic carbocycles. The molecule has 1 N–H and O–H groups in total. The Labute approximate surface area is 114 Å². The van der Waals surface area contributed by atoms with Gasteiger partial charge in [0.1, 0.15) is 0 Å². The smallest absolute Gasteiger partial charge is 0.237 e. The molecule has 0 aromatic heterocycles. The lowest BCUT2D eigenvalue weighted by Gasteiger charge is -2.27. The number of nitrogens with zero attached hydrogens (tertiary/aromatic N) is 2. The molecule has 1 atom stereocenters. The van der Waals surface area contributed by atoms with Crippen molar-refractivity contribution in [3.8, 4) is 0 Å². The standard InChI is InChI=1S/C13H23N3O3/c1-15-6-2-3-11(15)13(18)14-5-4-12(17)16-7-9-19-10-8-16/h11H,2-10H2,1H3,(H,14,18). The number of rotatable bonds is 4. The third-order valence-corrected chi connectivity index (χ3v) is 3.82. The van der Waals surface area contributed by atoms with E-state index in [2.05, 4.69) is 10.2 Å². The fraction of sp³-hybridized carbons (Fsp3) is 0.846. The molecule has 1 unspecified atom stereocenters. The third-order valence-electron chi connectivity index (χ3n) is 3.82. The van der Waals surface area contributed by atoms with E-state index < -0.39 is 0 Å². The summed E-state index contributed by atoms with van der Waals surface area (Å²) in [5.41, 5.74) is 0. The van der Waals surface area contributed by atoms with Crippen molar-refractivity contribution in [3.05, 3.63) is 0 Å². The summed E-state index contributed by atoms with van der Waals surface area (Å²) in [6.45, 7) is 3.97. The van der Waals surface area contributed by atoms with Crippen LogP contribution in [0.15, 0.2) is 0 Å². The van der Waals surface area contributed by atoms with Crippen LogP contribution < -0.4 is 5.32 Å². The van der Waals surface area contributed by atoms with Crippen molar-refractivity contribution in [1.29, 1.82) is 0 Å². The highest BCUT2D eigenvalue weighted by molar-refractivity contribution is 5.83. The van der Waals surface area contributed by atoms with E-state index >= 15 is 0 Å². The van der Waals surface area contributed by atoms with Crippen LogP contribution in [0.2, 0.25) is 0 Å². The van der Waals surface area contributed by atoms with Crippen LogP contribution in [0.1, 0.15) is 19.3 Å². The summed E-state index contributed by atoms with van der Waals surface area (Å²) in [5, 5.41) is 2.87. The minimum Gasteiger partial charge on any atom is -0.378 e. The Balaban J connectivity index is 1.65. The summed E-state index contributed by atoms with van der Waals surface area (Å²) < 4.78 is 5.20. The molecule has 2 aliphatic rings. The van der Waals surface area contributed by atoms with Crippen molar-refractivity contribution >= 4 is 11.8 Å².